The Kier molecular flexibility index (Phi) is 6.67. The summed E-state index contributed by atoms with van der Waals surface area (Å²) in [6.45, 7) is 18.1. The summed E-state index contributed by atoms with van der Waals surface area (Å²) in [5.74, 6) is 0. The molecule has 0 heterocycles. The maximum atomic E-state index is 3.51. The van der Waals surface area contributed by atoms with E-state index in [1.54, 1.807) is 0 Å². The Balaban J connectivity index is 4.04. The van der Waals surface area contributed by atoms with Crippen LogP contribution in [0.15, 0.2) is 0 Å². The molecule has 0 spiro atoms. The van der Waals surface area contributed by atoms with Crippen molar-refractivity contribution in [3.05, 3.63) is 0 Å². The monoisotopic (exact) mass is 243 g/mol. The average Bonchev–Trinajstić information content (AvgIpc) is 2.05. The fourth-order valence-corrected chi connectivity index (χ4v) is 2.30. The molecule has 3 nitrogen and oxygen atoms in total. The zero-order valence-electron chi connectivity index (χ0n) is 13.2. The molecule has 0 saturated heterocycles. The van der Waals surface area contributed by atoms with Crippen LogP contribution in [0.1, 0.15) is 41.5 Å². The van der Waals surface area contributed by atoms with E-state index in [0.717, 1.165) is 26.2 Å². The van der Waals surface area contributed by atoms with Gasteiger partial charge in [0.25, 0.3) is 0 Å². The quantitative estimate of drug-likeness (QED) is 0.720. The predicted molar refractivity (Wildman–Crippen MR) is 77.6 cm³/mol. The van der Waals surface area contributed by atoms with E-state index in [1.807, 2.05) is 0 Å². The van der Waals surface area contributed by atoms with E-state index >= 15 is 0 Å². The van der Waals surface area contributed by atoms with Gasteiger partial charge in [0.1, 0.15) is 0 Å². The average molecular weight is 243 g/mol. The topological polar surface area (TPSA) is 18.5 Å². The van der Waals surface area contributed by atoms with E-state index in [1.165, 1.54) is 0 Å². The van der Waals surface area contributed by atoms with Gasteiger partial charge in [-0.2, -0.15) is 0 Å². The first-order valence-electron chi connectivity index (χ1n) is 6.68. The molecule has 17 heavy (non-hydrogen) atoms. The van der Waals surface area contributed by atoms with Crippen molar-refractivity contribution in [1.29, 1.82) is 0 Å². The van der Waals surface area contributed by atoms with Crippen LogP contribution in [-0.2, 0) is 0 Å². The Morgan fingerprint density at radius 2 is 1.18 bits per heavy atom. The first-order valence-corrected chi connectivity index (χ1v) is 6.68. The molecular formula is C14H33N3. The fourth-order valence-electron chi connectivity index (χ4n) is 2.30. The highest BCUT2D eigenvalue weighted by Gasteiger charge is 2.30. The smallest absolute Gasteiger partial charge is 0.0130 e. The van der Waals surface area contributed by atoms with E-state index in [0.29, 0.717) is 0 Å². The molecule has 3 heteroatoms. The van der Waals surface area contributed by atoms with Gasteiger partial charge in [0, 0.05) is 37.3 Å². The molecule has 1 N–H and O–H groups in total. The van der Waals surface area contributed by atoms with Crippen LogP contribution in [-0.4, -0.2) is 61.2 Å². The minimum absolute atomic E-state index is 0.224. The van der Waals surface area contributed by atoms with Gasteiger partial charge in [-0.15, -0.1) is 0 Å². The van der Waals surface area contributed by atoms with Crippen LogP contribution in [0.4, 0.5) is 0 Å². The lowest BCUT2D eigenvalue weighted by Gasteiger charge is -2.45. The number of nitrogens with zero attached hydrogens (tertiary/aromatic N) is 2. The molecule has 0 aliphatic rings. The van der Waals surface area contributed by atoms with E-state index in [4.69, 9.17) is 0 Å². The van der Waals surface area contributed by atoms with Crippen LogP contribution < -0.4 is 5.32 Å². The molecule has 0 fully saturated rings. The molecule has 0 atom stereocenters. The normalized spacial score (nSPS) is 13.8. The van der Waals surface area contributed by atoms with Crippen LogP contribution in [0.2, 0.25) is 0 Å². The third kappa shape index (κ3) is 7.74. The molecule has 0 amide bonds. The van der Waals surface area contributed by atoms with Crippen LogP contribution in [0.5, 0.6) is 0 Å². The third-order valence-corrected chi connectivity index (χ3v) is 2.87. The number of hydrogen-bond donors (Lipinski definition) is 1. The highest BCUT2D eigenvalue weighted by atomic mass is 15.2. The Morgan fingerprint density at radius 1 is 0.765 bits per heavy atom. The lowest BCUT2D eigenvalue weighted by atomic mass is 9.96. The maximum Gasteiger partial charge on any atom is 0.0130 e. The van der Waals surface area contributed by atoms with Gasteiger partial charge >= 0.3 is 0 Å². The van der Waals surface area contributed by atoms with Gasteiger partial charge < -0.3 is 10.2 Å². The van der Waals surface area contributed by atoms with Crippen molar-refractivity contribution in [2.45, 2.75) is 52.6 Å². The predicted octanol–water partition coefficient (Wildman–Crippen LogP) is 2.04. The van der Waals surface area contributed by atoms with Gasteiger partial charge in [-0.3, -0.25) is 4.90 Å². The van der Waals surface area contributed by atoms with Crippen molar-refractivity contribution in [3.8, 4) is 0 Å². The van der Waals surface area contributed by atoms with Crippen molar-refractivity contribution < 1.29 is 0 Å². The lowest BCUT2D eigenvalue weighted by Crippen LogP contribution is -2.54. The summed E-state index contributed by atoms with van der Waals surface area (Å²) in [5.41, 5.74) is 0.447. The summed E-state index contributed by atoms with van der Waals surface area (Å²) in [4.78, 5) is 4.76. The summed E-state index contributed by atoms with van der Waals surface area (Å²) < 4.78 is 0. The van der Waals surface area contributed by atoms with E-state index in [9.17, 15) is 0 Å². The molecule has 0 saturated carbocycles. The SMILES string of the molecule is CN(C)CCNCCN(C(C)(C)C)C(C)(C)C. The van der Waals surface area contributed by atoms with E-state index < -0.39 is 0 Å². The molecule has 0 bridgehead atoms. The second-order valence-electron chi connectivity index (χ2n) is 7.05. The molecule has 0 aliphatic heterocycles. The van der Waals surface area contributed by atoms with Gasteiger partial charge in [-0.05, 0) is 55.6 Å². The molecule has 0 aromatic carbocycles. The third-order valence-electron chi connectivity index (χ3n) is 2.87. The summed E-state index contributed by atoms with van der Waals surface area (Å²) >= 11 is 0. The fraction of sp³-hybridized carbons (Fsp3) is 1.00. The number of nitrogens with one attached hydrogen (secondary N) is 1. The molecule has 104 valence electrons. The van der Waals surface area contributed by atoms with Crippen LogP contribution in [0, 0.1) is 0 Å². The summed E-state index contributed by atoms with van der Waals surface area (Å²) in [5, 5.41) is 3.51. The molecule has 0 unspecified atom stereocenters. The summed E-state index contributed by atoms with van der Waals surface area (Å²) in [6, 6.07) is 0. The lowest BCUT2D eigenvalue weighted by molar-refractivity contribution is 0.0397. The second-order valence-corrected chi connectivity index (χ2v) is 7.05. The summed E-state index contributed by atoms with van der Waals surface area (Å²) in [6.07, 6.45) is 0. The van der Waals surface area contributed by atoms with Crippen LogP contribution >= 0.6 is 0 Å². The Labute approximate surface area is 109 Å². The van der Waals surface area contributed by atoms with Crippen molar-refractivity contribution in [1.82, 2.24) is 15.1 Å². The van der Waals surface area contributed by atoms with Crippen LogP contribution in [0.25, 0.3) is 0 Å². The largest absolute Gasteiger partial charge is 0.314 e. The number of hydrogen-bond acceptors (Lipinski definition) is 3. The van der Waals surface area contributed by atoms with Crippen molar-refractivity contribution >= 4 is 0 Å². The Bertz CT molecular complexity index is 184. The first kappa shape index (κ1) is 16.9. The molecular weight excluding hydrogens is 210 g/mol. The zero-order chi connectivity index (χ0) is 13.7. The van der Waals surface area contributed by atoms with Gasteiger partial charge in [-0.1, -0.05) is 0 Å². The molecule has 0 radical (unpaired) electrons. The van der Waals surface area contributed by atoms with Gasteiger partial charge in [-0.25, -0.2) is 0 Å². The molecule has 0 rings (SSSR count). The highest BCUT2D eigenvalue weighted by molar-refractivity contribution is 4.87. The molecule has 0 aliphatic carbocycles. The number of rotatable bonds is 6. The second kappa shape index (κ2) is 6.72. The van der Waals surface area contributed by atoms with Crippen molar-refractivity contribution in [2.75, 3.05) is 40.3 Å². The molecule has 0 aromatic heterocycles. The Morgan fingerprint density at radius 3 is 1.53 bits per heavy atom. The van der Waals surface area contributed by atoms with Crippen molar-refractivity contribution in [2.24, 2.45) is 0 Å². The minimum Gasteiger partial charge on any atom is -0.314 e. The number of likely N-dealkylation sites (N-methyl/N-ethyl adjacent to an activating group) is 1. The van der Waals surface area contributed by atoms with E-state index in [2.05, 4.69) is 70.8 Å². The van der Waals surface area contributed by atoms with Gasteiger partial charge in [0.15, 0.2) is 0 Å². The van der Waals surface area contributed by atoms with Gasteiger partial charge in [0.05, 0.1) is 0 Å². The van der Waals surface area contributed by atoms with E-state index in [-0.39, 0.29) is 11.1 Å². The summed E-state index contributed by atoms with van der Waals surface area (Å²) in [7, 11) is 4.22. The molecule has 0 aromatic rings. The standard InChI is InChI=1S/C14H33N3/c1-13(2,3)17(14(4,5)6)12-10-15-9-11-16(7)8/h15H,9-12H2,1-8H3. The first-order chi connectivity index (χ1) is 7.55. The Hall–Kier alpha value is -0.120. The maximum absolute atomic E-state index is 3.51. The van der Waals surface area contributed by atoms with Gasteiger partial charge in [0.2, 0.25) is 0 Å². The van der Waals surface area contributed by atoms with Crippen LogP contribution in [0.3, 0.4) is 0 Å². The van der Waals surface area contributed by atoms with Crippen molar-refractivity contribution in [3.63, 3.8) is 0 Å². The zero-order valence-corrected chi connectivity index (χ0v) is 13.2. The highest BCUT2D eigenvalue weighted by Crippen LogP contribution is 2.23. The minimum atomic E-state index is 0.224.